The first kappa shape index (κ1) is 13.7. The number of rotatable bonds is 7. The molecule has 0 aromatic carbocycles. The quantitative estimate of drug-likeness (QED) is 0.543. The van der Waals surface area contributed by atoms with Gasteiger partial charge in [0, 0.05) is 26.4 Å². The Morgan fingerprint density at radius 2 is 2.29 bits per heavy atom. The second-order valence-corrected chi connectivity index (χ2v) is 4.22. The van der Waals surface area contributed by atoms with Gasteiger partial charge < -0.3 is 9.64 Å². The van der Waals surface area contributed by atoms with Gasteiger partial charge in [-0.15, -0.1) is 0 Å². The van der Waals surface area contributed by atoms with Gasteiger partial charge in [0.2, 0.25) is 5.95 Å². The number of hydrogen-bond donors (Lipinski definition) is 2. The zero-order valence-electron chi connectivity index (χ0n) is 10.7. The highest BCUT2D eigenvalue weighted by Crippen LogP contribution is 2.13. The lowest BCUT2D eigenvalue weighted by molar-refractivity contribution is 0.204. The number of methoxy groups -OCH3 is 1. The van der Waals surface area contributed by atoms with Crippen molar-refractivity contribution in [2.45, 2.75) is 13.8 Å². The molecule has 17 heavy (non-hydrogen) atoms. The van der Waals surface area contributed by atoms with Crippen molar-refractivity contribution in [1.82, 2.24) is 9.97 Å². The molecule has 0 aliphatic carbocycles. The highest BCUT2D eigenvalue weighted by molar-refractivity contribution is 5.42. The number of hydrazine groups is 1. The molecule has 0 atom stereocenters. The third-order valence-electron chi connectivity index (χ3n) is 2.24. The van der Waals surface area contributed by atoms with Gasteiger partial charge in [0.15, 0.2) is 0 Å². The van der Waals surface area contributed by atoms with Gasteiger partial charge in [0.05, 0.1) is 6.61 Å². The van der Waals surface area contributed by atoms with Crippen molar-refractivity contribution in [2.24, 2.45) is 11.8 Å². The second kappa shape index (κ2) is 7.03. The van der Waals surface area contributed by atoms with Gasteiger partial charge in [-0.3, -0.25) is 5.43 Å². The summed E-state index contributed by atoms with van der Waals surface area (Å²) in [5, 5.41) is 0. The van der Waals surface area contributed by atoms with Crippen molar-refractivity contribution in [2.75, 3.05) is 37.1 Å². The molecule has 6 nitrogen and oxygen atoms in total. The van der Waals surface area contributed by atoms with E-state index in [0.717, 1.165) is 18.9 Å². The number of nitrogen functional groups attached to an aromatic ring is 1. The number of nitrogens with two attached hydrogens (primary N) is 1. The average Bonchev–Trinajstić information content (AvgIpc) is 2.34. The van der Waals surface area contributed by atoms with Crippen molar-refractivity contribution >= 4 is 11.8 Å². The fourth-order valence-electron chi connectivity index (χ4n) is 1.54. The smallest absolute Gasteiger partial charge is 0.239 e. The molecule has 0 amide bonds. The molecular formula is C11H21N5O. The molecule has 0 spiro atoms. The maximum atomic E-state index is 5.30. The number of ether oxygens (including phenoxy) is 1. The average molecular weight is 239 g/mol. The summed E-state index contributed by atoms with van der Waals surface area (Å²) >= 11 is 0. The first-order valence-electron chi connectivity index (χ1n) is 5.71. The second-order valence-electron chi connectivity index (χ2n) is 4.22. The van der Waals surface area contributed by atoms with Crippen LogP contribution in [0.4, 0.5) is 11.8 Å². The van der Waals surface area contributed by atoms with Gasteiger partial charge >= 0.3 is 0 Å². The summed E-state index contributed by atoms with van der Waals surface area (Å²) in [6.45, 7) is 6.73. The van der Waals surface area contributed by atoms with Crippen LogP contribution in [0.5, 0.6) is 0 Å². The van der Waals surface area contributed by atoms with Gasteiger partial charge in [-0.2, -0.15) is 4.98 Å². The van der Waals surface area contributed by atoms with Crippen LogP contribution < -0.4 is 16.2 Å². The molecule has 3 N–H and O–H groups in total. The molecule has 0 aliphatic rings. The first-order valence-corrected chi connectivity index (χ1v) is 5.71. The van der Waals surface area contributed by atoms with Crippen LogP contribution in [-0.4, -0.2) is 36.8 Å². The van der Waals surface area contributed by atoms with Crippen molar-refractivity contribution in [3.8, 4) is 0 Å². The van der Waals surface area contributed by atoms with Gasteiger partial charge in [-0.05, 0) is 12.0 Å². The van der Waals surface area contributed by atoms with E-state index >= 15 is 0 Å². The van der Waals surface area contributed by atoms with Crippen LogP contribution in [0.3, 0.4) is 0 Å². The lowest BCUT2D eigenvalue weighted by Crippen LogP contribution is -2.32. The number of aromatic nitrogens is 2. The van der Waals surface area contributed by atoms with E-state index in [1.165, 1.54) is 0 Å². The fourth-order valence-corrected chi connectivity index (χ4v) is 1.54. The van der Waals surface area contributed by atoms with E-state index in [-0.39, 0.29) is 0 Å². The van der Waals surface area contributed by atoms with E-state index in [1.807, 2.05) is 6.07 Å². The Hall–Kier alpha value is -1.40. The standard InChI is InChI=1S/C11H21N5O/c1-9(2)8-16(6-7-17-3)10-4-5-13-11(14-10)15-12/h4-5,9H,6-8,12H2,1-3H3,(H,13,14,15). The summed E-state index contributed by atoms with van der Waals surface area (Å²) in [5.74, 6) is 7.14. The third-order valence-corrected chi connectivity index (χ3v) is 2.24. The first-order chi connectivity index (χ1) is 8.17. The minimum Gasteiger partial charge on any atom is -0.383 e. The molecule has 0 saturated heterocycles. The molecule has 0 fully saturated rings. The molecule has 0 radical (unpaired) electrons. The Morgan fingerprint density at radius 1 is 1.53 bits per heavy atom. The van der Waals surface area contributed by atoms with E-state index in [4.69, 9.17) is 10.6 Å². The molecule has 1 heterocycles. The normalized spacial score (nSPS) is 10.6. The highest BCUT2D eigenvalue weighted by atomic mass is 16.5. The summed E-state index contributed by atoms with van der Waals surface area (Å²) in [7, 11) is 1.69. The monoisotopic (exact) mass is 239 g/mol. The summed E-state index contributed by atoms with van der Waals surface area (Å²) < 4.78 is 5.11. The van der Waals surface area contributed by atoms with E-state index < -0.39 is 0 Å². The van der Waals surface area contributed by atoms with Crippen molar-refractivity contribution in [1.29, 1.82) is 0 Å². The van der Waals surface area contributed by atoms with E-state index in [1.54, 1.807) is 13.3 Å². The number of nitrogens with one attached hydrogen (secondary N) is 1. The Balaban J connectivity index is 2.78. The third kappa shape index (κ3) is 4.54. The minimum absolute atomic E-state index is 0.425. The molecule has 6 heteroatoms. The number of hydrogen-bond acceptors (Lipinski definition) is 6. The predicted molar refractivity (Wildman–Crippen MR) is 68.8 cm³/mol. The highest BCUT2D eigenvalue weighted by Gasteiger charge is 2.10. The maximum absolute atomic E-state index is 5.30. The van der Waals surface area contributed by atoms with Crippen LogP contribution >= 0.6 is 0 Å². The molecule has 1 aromatic heterocycles. The van der Waals surface area contributed by atoms with E-state index in [0.29, 0.717) is 18.5 Å². The predicted octanol–water partition coefficient (Wildman–Crippen LogP) is 0.871. The van der Waals surface area contributed by atoms with Gasteiger partial charge in [-0.25, -0.2) is 10.8 Å². The molecule has 0 aliphatic heterocycles. The molecule has 0 saturated carbocycles. The van der Waals surface area contributed by atoms with Crippen LogP contribution in [0, 0.1) is 5.92 Å². The number of anilines is 2. The lowest BCUT2D eigenvalue weighted by atomic mass is 10.2. The molecule has 96 valence electrons. The Bertz CT molecular complexity index is 331. The van der Waals surface area contributed by atoms with Crippen LogP contribution in [0.1, 0.15) is 13.8 Å². The topological polar surface area (TPSA) is 76.3 Å². The van der Waals surface area contributed by atoms with Crippen LogP contribution in [0.2, 0.25) is 0 Å². The number of nitrogens with zero attached hydrogens (tertiary/aromatic N) is 3. The Kier molecular flexibility index (Phi) is 5.65. The summed E-state index contributed by atoms with van der Waals surface area (Å²) in [5.41, 5.74) is 2.45. The largest absolute Gasteiger partial charge is 0.383 e. The minimum atomic E-state index is 0.425. The fraction of sp³-hybridized carbons (Fsp3) is 0.636. The maximum Gasteiger partial charge on any atom is 0.239 e. The van der Waals surface area contributed by atoms with Crippen molar-refractivity contribution < 1.29 is 4.74 Å². The van der Waals surface area contributed by atoms with Crippen LogP contribution in [0.15, 0.2) is 12.3 Å². The molecule has 0 bridgehead atoms. The van der Waals surface area contributed by atoms with Gasteiger partial charge in [0.25, 0.3) is 0 Å². The Morgan fingerprint density at radius 3 is 2.88 bits per heavy atom. The molecule has 0 unspecified atom stereocenters. The Labute approximate surface area is 102 Å². The van der Waals surface area contributed by atoms with Crippen molar-refractivity contribution in [3.63, 3.8) is 0 Å². The van der Waals surface area contributed by atoms with Crippen LogP contribution in [0.25, 0.3) is 0 Å². The molecular weight excluding hydrogens is 218 g/mol. The molecule has 1 rings (SSSR count). The van der Waals surface area contributed by atoms with Gasteiger partial charge in [0.1, 0.15) is 5.82 Å². The summed E-state index contributed by atoms with van der Waals surface area (Å²) in [6, 6.07) is 1.87. The summed E-state index contributed by atoms with van der Waals surface area (Å²) in [6.07, 6.45) is 1.69. The van der Waals surface area contributed by atoms with E-state index in [9.17, 15) is 0 Å². The zero-order chi connectivity index (χ0) is 12.7. The molecule has 1 aromatic rings. The van der Waals surface area contributed by atoms with Gasteiger partial charge in [-0.1, -0.05) is 13.8 Å². The summed E-state index contributed by atoms with van der Waals surface area (Å²) in [4.78, 5) is 10.5. The SMILES string of the molecule is COCCN(CC(C)C)c1ccnc(NN)n1. The zero-order valence-corrected chi connectivity index (χ0v) is 10.7. The lowest BCUT2D eigenvalue weighted by Gasteiger charge is -2.25. The van der Waals surface area contributed by atoms with Crippen molar-refractivity contribution in [3.05, 3.63) is 12.3 Å². The van der Waals surface area contributed by atoms with Crippen LogP contribution in [-0.2, 0) is 4.74 Å². The van der Waals surface area contributed by atoms with E-state index in [2.05, 4.69) is 34.1 Å².